The van der Waals surface area contributed by atoms with Gasteiger partial charge in [0.1, 0.15) is 5.69 Å². The van der Waals surface area contributed by atoms with Gasteiger partial charge in [-0.1, -0.05) is 47.1 Å². The van der Waals surface area contributed by atoms with Crippen molar-refractivity contribution in [3.05, 3.63) is 65.4 Å². The maximum atomic E-state index is 12.2. The van der Waals surface area contributed by atoms with Crippen LogP contribution < -0.4 is 5.32 Å². The molecule has 0 saturated carbocycles. The van der Waals surface area contributed by atoms with Crippen LogP contribution in [0.5, 0.6) is 0 Å². The minimum atomic E-state index is -0.932. The summed E-state index contributed by atoms with van der Waals surface area (Å²) in [4.78, 5) is 23.7. The summed E-state index contributed by atoms with van der Waals surface area (Å²) in [5.41, 5.74) is 3.18. The third-order valence-corrected chi connectivity index (χ3v) is 4.24. The van der Waals surface area contributed by atoms with Crippen LogP contribution >= 0.6 is 0 Å². The Labute approximate surface area is 150 Å². The average Bonchev–Trinajstić information content (AvgIpc) is 3.01. The number of carboxylic acid groups (broad SMARTS) is 1. The van der Waals surface area contributed by atoms with Crippen LogP contribution in [-0.4, -0.2) is 28.7 Å². The number of carbonyl (C=O) groups excluding carboxylic acids is 1. The van der Waals surface area contributed by atoms with Gasteiger partial charge < -0.3 is 14.9 Å². The van der Waals surface area contributed by atoms with E-state index in [1.54, 1.807) is 6.07 Å². The lowest BCUT2D eigenvalue weighted by Gasteiger charge is -2.13. The Hall–Kier alpha value is -3.15. The highest BCUT2D eigenvalue weighted by Crippen LogP contribution is 2.18. The highest BCUT2D eigenvalue weighted by atomic mass is 16.5. The van der Waals surface area contributed by atoms with Gasteiger partial charge in [0.25, 0.3) is 0 Å². The van der Waals surface area contributed by atoms with Crippen molar-refractivity contribution < 1.29 is 19.2 Å². The molecule has 0 spiro atoms. The molecule has 2 aromatic carbocycles. The number of aliphatic carboxylic acids is 1. The van der Waals surface area contributed by atoms with Crippen LogP contribution in [0.25, 0.3) is 11.0 Å². The van der Waals surface area contributed by atoms with Gasteiger partial charge in [-0.05, 0) is 31.0 Å². The molecule has 6 heteroatoms. The van der Waals surface area contributed by atoms with Crippen LogP contribution in [0.1, 0.15) is 16.8 Å². The van der Waals surface area contributed by atoms with Crippen LogP contribution in [0.4, 0.5) is 0 Å². The third-order valence-electron chi connectivity index (χ3n) is 4.24. The number of aryl methyl sites for hydroxylation is 1. The predicted octanol–water partition coefficient (Wildman–Crippen LogP) is 2.74. The zero-order chi connectivity index (χ0) is 18.5. The molecular formula is C20H20N2O4. The average molecular weight is 352 g/mol. The van der Waals surface area contributed by atoms with Gasteiger partial charge in [-0.15, -0.1) is 0 Å². The molecule has 1 unspecified atom stereocenters. The molecule has 1 amide bonds. The molecule has 1 atom stereocenters. The van der Waals surface area contributed by atoms with Gasteiger partial charge >= 0.3 is 5.97 Å². The molecule has 0 radical (unpaired) electrons. The van der Waals surface area contributed by atoms with E-state index in [-0.39, 0.29) is 18.9 Å². The van der Waals surface area contributed by atoms with Crippen molar-refractivity contribution in [2.75, 3.05) is 6.54 Å². The number of nitrogens with zero attached hydrogens (tertiary/aromatic N) is 1. The molecule has 3 aromatic rings. The summed E-state index contributed by atoms with van der Waals surface area (Å²) in [5.74, 6) is -1.90. The smallest absolute Gasteiger partial charge is 0.308 e. The molecule has 0 aliphatic carbocycles. The highest BCUT2D eigenvalue weighted by molar-refractivity contribution is 5.86. The van der Waals surface area contributed by atoms with Crippen molar-refractivity contribution in [2.45, 2.75) is 19.8 Å². The number of carboxylic acids is 1. The fourth-order valence-corrected chi connectivity index (χ4v) is 2.89. The minimum absolute atomic E-state index is 0.0494. The molecule has 0 aliphatic rings. The van der Waals surface area contributed by atoms with Gasteiger partial charge in [0.05, 0.1) is 12.3 Å². The largest absolute Gasteiger partial charge is 0.481 e. The molecule has 6 nitrogen and oxygen atoms in total. The Kier molecular flexibility index (Phi) is 5.31. The second-order valence-electron chi connectivity index (χ2n) is 6.33. The molecule has 2 N–H and O–H groups in total. The molecule has 0 fully saturated rings. The van der Waals surface area contributed by atoms with Gasteiger partial charge in [0.2, 0.25) is 5.91 Å². The van der Waals surface area contributed by atoms with Crippen molar-refractivity contribution >= 4 is 22.8 Å². The minimum Gasteiger partial charge on any atom is -0.481 e. The lowest BCUT2D eigenvalue weighted by Crippen LogP contribution is -2.35. The van der Waals surface area contributed by atoms with E-state index in [1.165, 1.54) is 0 Å². The first-order valence-corrected chi connectivity index (χ1v) is 8.41. The van der Waals surface area contributed by atoms with Crippen LogP contribution in [0, 0.1) is 12.8 Å². The second kappa shape index (κ2) is 7.82. The quantitative estimate of drug-likeness (QED) is 0.682. The number of amides is 1. The fourth-order valence-electron chi connectivity index (χ4n) is 2.89. The van der Waals surface area contributed by atoms with Gasteiger partial charge in [0, 0.05) is 11.9 Å². The van der Waals surface area contributed by atoms with E-state index in [1.807, 2.05) is 49.4 Å². The summed E-state index contributed by atoms with van der Waals surface area (Å²) in [6, 6.07) is 15.0. The Balaban J connectivity index is 1.60. The molecule has 0 saturated heterocycles. The second-order valence-corrected chi connectivity index (χ2v) is 6.33. The van der Waals surface area contributed by atoms with Crippen molar-refractivity contribution in [1.29, 1.82) is 0 Å². The van der Waals surface area contributed by atoms with E-state index >= 15 is 0 Å². The molecule has 134 valence electrons. The number of fused-ring (bicyclic) bond motifs is 1. The Morgan fingerprint density at radius 2 is 2.00 bits per heavy atom. The number of carbonyl (C=O) groups is 2. The standard InChI is InChI=1S/C20H20N2O4/c1-13-5-4-6-14(9-13)10-15(20(24)25)12-21-19(23)11-17-16-7-2-3-8-18(16)26-22-17/h2-9,15H,10-12H2,1H3,(H,21,23)(H,24,25). The van der Waals surface area contributed by atoms with Gasteiger partial charge in [-0.25, -0.2) is 0 Å². The Morgan fingerprint density at radius 1 is 1.19 bits per heavy atom. The van der Waals surface area contributed by atoms with Crippen LogP contribution in [-0.2, 0) is 22.4 Å². The maximum absolute atomic E-state index is 12.2. The Bertz CT molecular complexity index is 932. The highest BCUT2D eigenvalue weighted by Gasteiger charge is 2.20. The third kappa shape index (κ3) is 4.27. The number of rotatable bonds is 7. The first kappa shape index (κ1) is 17.7. The summed E-state index contributed by atoms with van der Waals surface area (Å²) in [7, 11) is 0. The molecule has 3 rings (SSSR count). The van der Waals surface area contributed by atoms with Crippen molar-refractivity contribution in [1.82, 2.24) is 10.5 Å². The normalized spacial score (nSPS) is 12.0. The maximum Gasteiger partial charge on any atom is 0.308 e. The van der Waals surface area contributed by atoms with E-state index in [0.717, 1.165) is 16.5 Å². The molecule has 1 heterocycles. The molecule has 1 aromatic heterocycles. The number of hydrogen-bond acceptors (Lipinski definition) is 4. The first-order chi connectivity index (χ1) is 12.5. The number of nitrogens with one attached hydrogen (secondary N) is 1. The van der Waals surface area contributed by atoms with Crippen molar-refractivity contribution in [2.24, 2.45) is 5.92 Å². The fraction of sp³-hybridized carbons (Fsp3) is 0.250. The Morgan fingerprint density at radius 3 is 2.77 bits per heavy atom. The lowest BCUT2D eigenvalue weighted by molar-refractivity contribution is -0.141. The number of aromatic nitrogens is 1. The SMILES string of the molecule is Cc1cccc(CC(CNC(=O)Cc2noc3ccccc23)C(=O)O)c1. The van der Waals surface area contributed by atoms with Crippen LogP contribution in [0.15, 0.2) is 53.1 Å². The van der Waals surface area contributed by atoms with E-state index in [0.29, 0.717) is 17.7 Å². The van der Waals surface area contributed by atoms with Gasteiger partial charge in [-0.2, -0.15) is 0 Å². The number of hydrogen-bond donors (Lipinski definition) is 2. The first-order valence-electron chi connectivity index (χ1n) is 8.41. The van der Waals surface area contributed by atoms with Crippen molar-refractivity contribution in [3.63, 3.8) is 0 Å². The lowest BCUT2D eigenvalue weighted by atomic mass is 9.98. The topological polar surface area (TPSA) is 92.4 Å². The van der Waals surface area contributed by atoms with E-state index in [9.17, 15) is 14.7 Å². The monoisotopic (exact) mass is 352 g/mol. The van der Waals surface area contributed by atoms with E-state index < -0.39 is 11.9 Å². The van der Waals surface area contributed by atoms with Gasteiger partial charge in [-0.3, -0.25) is 9.59 Å². The zero-order valence-electron chi connectivity index (χ0n) is 14.4. The zero-order valence-corrected chi connectivity index (χ0v) is 14.4. The van der Waals surface area contributed by atoms with E-state index in [2.05, 4.69) is 10.5 Å². The van der Waals surface area contributed by atoms with E-state index in [4.69, 9.17) is 4.52 Å². The molecule has 26 heavy (non-hydrogen) atoms. The summed E-state index contributed by atoms with van der Waals surface area (Å²) in [6.45, 7) is 2.03. The number of para-hydroxylation sites is 1. The number of benzene rings is 2. The summed E-state index contributed by atoms with van der Waals surface area (Å²) < 4.78 is 5.18. The van der Waals surface area contributed by atoms with Gasteiger partial charge in [0.15, 0.2) is 5.58 Å². The predicted molar refractivity (Wildman–Crippen MR) is 96.7 cm³/mol. The van der Waals surface area contributed by atoms with Crippen molar-refractivity contribution in [3.8, 4) is 0 Å². The summed E-state index contributed by atoms with van der Waals surface area (Å²) in [6.07, 6.45) is 0.415. The molecule has 0 aliphatic heterocycles. The van der Waals surface area contributed by atoms with Crippen LogP contribution in [0.2, 0.25) is 0 Å². The summed E-state index contributed by atoms with van der Waals surface area (Å²) in [5, 5.41) is 16.8. The molecular weight excluding hydrogens is 332 g/mol. The summed E-state index contributed by atoms with van der Waals surface area (Å²) >= 11 is 0. The van der Waals surface area contributed by atoms with Crippen LogP contribution in [0.3, 0.4) is 0 Å². The molecule has 0 bridgehead atoms.